The molecule has 4 aliphatic rings. The normalized spacial score (nSPS) is 22.5. The molecule has 1 unspecified atom stereocenters. The average molecular weight is 598 g/mol. The molecule has 3 fully saturated rings. The van der Waals surface area contributed by atoms with Crippen molar-refractivity contribution in [3.05, 3.63) is 29.8 Å². The summed E-state index contributed by atoms with van der Waals surface area (Å²) >= 11 is 0. The van der Waals surface area contributed by atoms with E-state index in [9.17, 15) is 26.3 Å². The van der Waals surface area contributed by atoms with E-state index in [1.807, 2.05) is 0 Å². The number of fused-ring (bicyclic) bond motifs is 2. The van der Waals surface area contributed by atoms with Crippen LogP contribution in [0.2, 0.25) is 0 Å². The van der Waals surface area contributed by atoms with E-state index >= 15 is 0 Å². The van der Waals surface area contributed by atoms with E-state index in [1.54, 1.807) is 5.56 Å². The highest BCUT2D eigenvalue weighted by atomic mass is 19.4. The smallest absolute Gasteiger partial charge is 0.475 e. The van der Waals surface area contributed by atoms with Gasteiger partial charge in [0.1, 0.15) is 0 Å². The van der Waals surface area contributed by atoms with Crippen molar-refractivity contribution in [2.24, 2.45) is 0 Å². The van der Waals surface area contributed by atoms with Crippen LogP contribution >= 0.6 is 0 Å². The lowest BCUT2D eigenvalue weighted by molar-refractivity contribution is -0.193. The second kappa shape index (κ2) is 14.1. The summed E-state index contributed by atoms with van der Waals surface area (Å²) in [5.41, 5.74) is 3.47. The van der Waals surface area contributed by atoms with Gasteiger partial charge in [0.05, 0.1) is 6.10 Å². The Hall–Kier alpha value is -2.58. The monoisotopic (exact) mass is 597 g/mol. The first-order valence-electron chi connectivity index (χ1n) is 13.7. The van der Waals surface area contributed by atoms with Gasteiger partial charge in [-0.2, -0.15) is 26.3 Å². The summed E-state index contributed by atoms with van der Waals surface area (Å²) in [5.74, 6) is -5.51. The minimum atomic E-state index is -5.08. The van der Waals surface area contributed by atoms with Crippen molar-refractivity contribution in [2.45, 2.75) is 62.4 Å². The number of aliphatic carboxylic acids is 2. The number of para-hydroxylation sites is 1. The van der Waals surface area contributed by atoms with E-state index in [1.165, 1.54) is 90.0 Å². The minimum Gasteiger partial charge on any atom is -0.475 e. The molecule has 3 saturated heterocycles. The zero-order chi connectivity index (χ0) is 30.3. The molecule has 2 N–H and O–H groups in total. The fraction of sp³-hybridized carbons (Fsp3) is 0.704. The van der Waals surface area contributed by atoms with Crippen LogP contribution in [0.4, 0.5) is 32.0 Å². The fourth-order valence-corrected chi connectivity index (χ4v) is 5.85. The first-order chi connectivity index (χ1) is 19.2. The van der Waals surface area contributed by atoms with Crippen molar-refractivity contribution in [1.29, 1.82) is 0 Å². The highest BCUT2D eigenvalue weighted by Gasteiger charge is 2.45. The van der Waals surface area contributed by atoms with Gasteiger partial charge >= 0.3 is 24.3 Å². The molecule has 1 aromatic rings. The van der Waals surface area contributed by atoms with E-state index in [0.717, 1.165) is 13.2 Å². The van der Waals surface area contributed by atoms with Gasteiger partial charge in [-0.15, -0.1) is 0 Å². The Kier molecular flexibility index (Phi) is 11.3. The Morgan fingerprint density at radius 2 is 1.37 bits per heavy atom. The molecular weight excluding hydrogens is 560 g/mol. The minimum absolute atomic E-state index is 0.374. The third kappa shape index (κ3) is 9.47. The SMILES string of the molecule is O=C(O)C(F)(F)F.O=C(O)C(F)(F)F.c1ccc2c(c1)N(CC1CCCO1)CC21CCN(CCN2CCCC2)CC1. The van der Waals surface area contributed by atoms with Gasteiger partial charge < -0.3 is 29.6 Å². The number of rotatable bonds is 5. The molecule has 1 spiro atoms. The molecular formula is C27H37F6N3O5. The molecule has 232 valence electrons. The first kappa shape index (κ1) is 32.9. The van der Waals surface area contributed by atoms with Gasteiger partial charge in [0, 0.05) is 43.9 Å². The number of hydrogen-bond acceptors (Lipinski definition) is 6. The van der Waals surface area contributed by atoms with Crippen LogP contribution in [0.15, 0.2) is 24.3 Å². The summed E-state index contributed by atoms with van der Waals surface area (Å²) < 4.78 is 69.4. The Bertz CT molecular complexity index is 978. The maximum atomic E-state index is 10.6. The largest absolute Gasteiger partial charge is 0.490 e. The molecule has 8 nitrogen and oxygen atoms in total. The van der Waals surface area contributed by atoms with Crippen molar-refractivity contribution in [1.82, 2.24) is 9.80 Å². The highest BCUT2D eigenvalue weighted by molar-refractivity contribution is 5.73. The van der Waals surface area contributed by atoms with Crippen LogP contribution in [0.3, 0.4) is 0 Å². The van der Waals surface area contributed by atoms with Gasteiger partial charge in [-0.05, 0) is 76.3 Å². The summed E-state index contributed by atoms with van der Waals surface area (Å²) in [6.45, 7) is 10.9. The number of benzene rings is 1. The number of carboxylic acids is 2. The molecule has 4 heterocycles. The molecule has 0 aliphatic carbocycles. The lowest BCUT2D eigenvalue weighted by atomic mass is 9.74. The predicted molar refractivity (Wildman–Crippen MR) is 138 cm³/mol. The first-order valence-corrected chi connectivity index (χ1v) is 13.7. The Morgan fingerprint density at radius 3 is 1.85 bits per heavy atom. The summed E-state index contributed by atoms with van der Waals surface area (Å²) in [6.07, 6.45) is -1.83. The zero-order valence-electron chi connectivity index (χ0n) is 22.7. The van der Waals surface area contributed by atoms with Gasteiger partial charge in [0.15, 0.2) is 0 Å². The zero-order valence-corrected chi connectivity index (χ0v) is 22.7. The average Bonchev–Trinajstić information content (AvgIpc) is 3.67. The Balaban J connectivity index is 0.000000276. The van der Waals surface area contributed by atoms with Gasteiger partial charge in [-0.25, -0.2) is 9.59 Å². The standard InChI is InChI=1S/C23H35N3O.2C2HF3O2/c1-2-8-22-21(7-1)23(19-26(22)18-20-6-5-17-27-20)9-13-25(14-10-23)16-15-24-11-3-4-12-24;2*3-2(4,5)1(6)7/h1-2,7-8,20H,3-6,9-19H2;2*(H,6,7). The second-order valence-corrected chi connectivity index (χ2v) is 10.8. The van der Waals surface area contributed by atoms with E-state index in [2.05, 4.69) is 39.0 Å². The molecule has 0 radical (unpaired) electrons. The van der Waals surface area contributed by atoms with Crippen LogP contribution in [0, 0.1) is 0 Å². The molecule has 0 aromatic heterocycles. The quantitative estimate of drug-likeness (QED) is 0.484. The fourth-order valence-electron chi connectivity index (χ4n) is 5.85. The summed E-state index contributed by atoms with van der Waals surface area (Å²) in [4.78, 5) is 25.8. The van der Waals surface area contributed by atoms with Crippen molar-refractivity contribution in [2.75, 3.05) is 63.9 Å². The molecule has 1 aromatic carbocycles. The summed E-state index contributed by atoms with van der Waals surface area (Å²) in [6, 6.07) is 9.21. The van der Waals surface area contributed by atoms with E-state index in [-0.39, 0.29) is 0 Å². The van der Waals surface area contributed by atoms with Crippen LogP contribution in [0.5, 0.6) is 0 Å². The highest BCUT2D eigenvalue weighted by Crippen LogP contribution is 2.47. The van der Waals surface area contributed by atoms with E-state index in [4.69, 9.17) is 24.5 Å². The number of anilines is 1. The maximum Gasteiger partial charge on any atom is 0.490 e. The molecule has 0 bridgehead atoms. The lowest BCUT2D eigenvalue weighted by Crippen LogP contribution is -2.47. The van der Waals surface area contributed by atoms with Gasteiger partial charge in [-0.1, -0.05) is 18.2 Å². The van der Waals surface area contributed by atoms with E-state index < -0.39 is 24.3 Å². The number of piperidine rings is 1. The molecule has 0 amide bonds. The van der Waals surface area contributed by atoms with Crippen molar-refractivity contribution < 1.29 is 50.9 Å². The molecule has 14 heteroatoms. The number of likely N-dealkylation sites (tertiary alicyclic amines) is 2. The third-order valence-corrected chi connectivity index (χ3v) is 7.99. The number of alkyl halides is 6. The van der Waals surface area contributed by atoms with Crippen LogP contribution < -0.4 is 4.90 Å². The van der Waals surface area contributed by atoms with Crippen LogP contribution in [-0.2, 0) is 19.7 Å². The van der Waals surface area contributed by atoms with Crippen LogP contribution in [0.1, 0.15) is 44.1 Å². The summed E-state index contributed by atoms with van der Waals surface area (Å²) in [5, 5.41) is 14.2. The molecule has 41 heavy (non-hydrogen) atoms. The number of nitrogens with zero attached hydrogens (tertiary/aromatic N) is 3. The van der Waals surface area contributed by atoms with E-state index in [0.29, 0.717) is 11.5 Å². The van der Waals surface area contributed by atoms with Crippen LogP contribution in [-0.4, -0.2) is 109 Å². The topological polar surface area (TPSA) is 93.5 Å². The van der Waals surface area contributed by atoms with Gasteiger partial charge in [-0.3, -0.25) is 0 Å². The third-order valence-electron chi connectivity index (χ3n) is 7.99. The van der Waals surface area contributed by atoms with Crippen molar-refractivity contribution >= 4 is 17.6 Å². The number of hydrogen-bond donors (Lipinski definition) is 2. The Morgan fingerprint density at radius 1 is 0.854 bits per heavy atom. The van der Waals surface area contributed by atoms with Gasteiger partial charge in [0.25, 0.3) is 0 Å². The van der Waals surface area contributed by atoms with Gasteiger partial charge in [0.2, 0.25) is 0 Å². The number of halogens is 6. The van der Waals surface area contributed by atoms with Crippen LogP contribution in [0.25, 0.3) is 0 Å². The molecule has 4 aliphatic heterocycles. The molecule has 5 rings (SSSR count). The summed E-state index contributed by atoms with van der Waals surface area (Å²) in [7, 11) is 0. The number of carbonyl (C=O) groups is 2. The van der Waals surface area contributed by atoms with Crippen molar-refractivity contribution in [3.63, 3.8) is 0 Å². The number of ether oxygens (including phenoxy) is 1. The maximum absolute atomic E-state index is 10.6. The molecule has 1 atom stereocenters. The predicted octanol–water partition coefficient (Wildman–Crippen LogP) is 4.38. The van der Waals surface area contributed by atoms with Crippen molar-refractivity contribution in [3.8, 4) is 0 Å². The Labute approximate surface area is 234 Å². The molecule has 0 saturated carbocycles. The lowest BCUT2D eigenvalue weighted by Gasteiger charge is -2.40. The second-order valence-electron chi connectivity index (χ2n) is 10.8. The number of carboxylic acid groups (broad SMARTS) is 2.